The van der Waals surface area contributed by atoms with Gasteiger partial charge in [0.05, 0.1) is 22.5 Å². The van der Waals surface area contributed by atoms with Crippen molar-refractivity contribution in [2.24, 2.45) is 0 Å². The molecule has 2 amide bonds. The summed E-state index contributed by atoms with van der Waals surface area (Å²) < 4.78 is 0. The molecule has 7 heteroatoms. The van der Waals surface area contributed by atoms with Crippen LogP contribution in [0.15, 0.2) is 9.81 Å². The Hall–Kier alpha value is -0.500. The Bertz CT molecular complexity index is 447. The molecule has 3 aliphatic rings. The van der Waals surface area contributed by atoms with Gasteiger partial charge in [0.2, 0.25) is 0 Å². The SMILES string of the molecule is O=C1C2=C(SCCS2)C(=O)N1CC(O)CN1CCCCC1. The maximum atomic E-state index is 12.3. The quantitative estimate of drug-likeness (QED) is 0.774. The van der Waals surface area contributed by atoms with Crippen molar-refractivity contribution >= 4 is 35.3 Å². The lowest BCUT2D eigenvalue weighted by molar-refractivity contribution is -0.138. The van der Waals surface area contributed by atoms with E-state index in [2.05, 4.69) is 4.90 Å². The van der Waals surface area contributed by atoms with Gasteiger partial charge < -0.3 is 10.0 Å². The number of amides is 2. The molecule has 0 aliphatic carbocycles. The zero-order valence-corrected chi connectivity index (χ0v) is 13.5. The second-order valence-electron chi connectivity index (χ2n) is 5.59. The van der Waals surface area contributed by atoms with Crippen molar-refractivity contribution in [2.75, 3.05) is 37.7 Å². The fraction of sp³-hybridized carbons (Fsp3) is 0.714. The minimum Gasteiger partial charge on any atom is -0.390 e. The molecule has 0 radical (unpaired) electrons. The molecule has 0 spiro atoms. The van der Waals surface area contributed by atoms with Crippen LogP contribution in [0.5, 0.6) is 0 Å². The minimum absolute atomic E-state index is 0.113. The van der Waals surface area contributed by atoms with Crippen LogP contribution in [0.1, 0.15) is 19.3 Å². The molecular weight excluding hydrogens is 308 g/mol. The van der Waals surface area contributed by atoms with Crippen LogP contribution in [-0.2, 0) is 9.59 Å². The second kappa shape index (κ2) is 6.73. The smallest absolute Gasteiger partial charge is 0.268 e. The van der Waals surface area contributed by atoms with Crippen molar-refractivity contribution in [1.29, 1.82) is 0 Å². The van der Waals surface area contributed by atoms with Gasteiger partial charge in [0.25, 0.3) is 11.8 Å². The zero-order chi connectivity index (χ0) is 14.8. The molecule has 1 fully saturated rings. The van der Waals surface area contributed by atoms with Gasteiger partial charge in [0.15, 0.2) is 0 Å². The molecule has 0 aromatic heterocycles. The van der Waals surface area contributed by atoms with Crippen LogP contribution in [-0.4, -0.2) is 70.5 Å². The molecule has 5 nitrogen and oxygen atoms in total. The van der Waals surface area contributed by atoms with Gasteiger partial charge in [-0.2, -0.15) is 0 Å². The standard InChI is InChI=1S/C14H20N2O3S2/c17-10(8-15-4-2-1-3-5-15)9-16-13(18)11-12(14(16)19)21-7-6-20-11/h10,17H,1-9H2. The summed E-state index contributed by atoms with van der Waals surface area (Å²) in [5.41, 5.74) is 0. The summed E-state index contributed by atoms with van der Waals surface area (Å²) in [6.07, 6.45) is 2.92. The first kappa shape index (κ1) is 15.4. The molecule has 21 heavy (non-hydrogen) atoms. The van der Waals surface area contributed by atoms with E-state index in [0.717, 1.165) is 37.4 Å². The number of thioether (sulfide) groups is 2. The predicted octanol–water partition coefficient (Wildman–Crippen LogP) is 0.894. The Balaban J connectivity index is 1.58. The van der Waals surface area contributed by atoms with Crippen molar-refractivity contribution in [3.05, 3.63) is 9.81 Å². The number of hydrogen-bond acceptors (Lipinski definition) is 6. The normalized spacial score (nSPS) is 25.5. The number of aliphatic hydroxyl groups excluding tert-OH is 1. The van der Waals surface area contributed by atoms with E-state index in [0.29, 0.717) is 16.4 Å². The summed E-state index contributed by atoms with van der Waals surface area (Å²) in [5.74, 6) is 1.30. The molecule has 1 atom stereocenters. The number of piperidine rings is 1. The molecule has 0 bridgehead atoms. The highest BCUT2D eigenvalue weighted by molar-refractivity contribution is 8.11. The average molecular weight is 328 g/mol. The molecule has 1 unspecified atom stereocenters. The lowest BCUT2D eigenvalue weighted by Gasteiger charge is -2.29. The minimum atomic E-state index is -0.660. The molecule has 0 aromatic carbocycles. The van der Waals surface area contributed by atoms with Crippen molar-refractivity contribution in [1.82, 2.24) is 9.80 Å². The molecule has 3 heterocycles. The summed E-state index contributed by atoms with van der Waals surface area (Å²) in [5, 5.41) is 10.2. The van der Waals surface area contributed by atoms with Crippen LogP contribution in [0.3, 0.4) is 0 Å². The monoisotopic (exact) mass is 328 g/mol. The van der Waals surface area contributed by atoms with Gasteiger partial charge in [0, 0.05) is 18.1 Å². The first-order chi connectivity index (χ1) is 10.2. The Morgan fingerprint density at radius 2 is 1.52 bits per heavy atom. The predicted molar refractivity (Wildman–Crippen MR) is 85.0 cm³/mol. The molecule has 0 aromatic rings. The van der Waals surface area contributed by atoms with Crippen molar-refractivity contribution in [3.63, 3.8) is 0 Å². The third kappa shape index (κ3) is 3.31. The van der Waals surface area contributed by atoms with Crippen molar-refractivity contribution < 1.29 is 14.7 Å². The van der Waals surface area contributed by atoms with Crippen molar-refractivity contribution in [3.8, 4) is 0 Å². The van der Waals surface area contributed by atoms with Crippen LogP contribution >= 0.6 is 23.5 Å². The molecule has 1 N–H and O–H groups in total. The van der Waals surface area contributed by atoms with Gasteiger partial charge in [-0.15, -0.1) is 23.5 Å². The van der Waals surface area contributed by atoms with Gasteiger partial charge in [-0.3, -0.25) is 14.5 Å². The number of aliphatic hydroxyl groups is 1. The molecule has 0 saturated carbocycles. The van der Waals surface area contributed by atoms with Crippen LogP contribution in [0, 0.1) is 0 Å². The first-order valence-electron chi connectivity index (χ1n) is 7.43. The van der Waals surface area contributed by atoms with E-state index in [1.807, 2.05) is 0 Å². The van der Waals surface area contributed by atoms with Gasteiger partial charge in [-0.25, -0.2) is 0 Å². The molecule has 3 rings (SSSR count). The number of nitrogens with zero attached hydrogens (tertiary/aromatic N) is 2. The van der Waals surface area contributed by atoms with Crippen molar-refractivity contribution in [2.45, 2.75) is 25.4 Å². The number of likely N-dealkylation sites (tertiary alicyclic amines) is 1. The Morgan fingerprint density at radius 1 is 0.952 bits per heavy atom. The summed E-state index contributed by atoms with van der Waals surface area (Å²) in [7, 11) is 0. The Kier molecular flexibility index (Phi) is 4.93. The number of hydrogen-bond donors (Lipinski definition) is 1. The highest BCUT2D eigenvalue weighted by atomic mass is 32.2. The zero-order valence-electron chi connectivity index (χ0n) is 11.9. The molecule has 116 valence electrons. The summed E-state index contributed by atoms with van der Waals surface area (Å²) in [6.45, 7) is 2.66. The topological polar surface area (TPSA) is 60.9 Å². The van der Waals surface area contributed by atoms with E-state index in [4.69, 9.17) is 0 Å². The Labute approximate surface area is 133 Å². The maximum absolute atomic E-state index is 12.3. The summed E-state index contributed by atoms with van der Waals surface area (Å²) in [4.78, 5) is 29.1. The third-order valence-corrected chi connectivity index (χ3v) is 6.51. The lowest BCUT2D eigenvalue weighted by atomic mass is 10.1. The van der Waals surface area contributed by atoms with Crippen LogP contribution in [0.4, 0.5) is 0 Å². The lowest BCUT2D eigenvalue weighted by Crippen LogP contribution is -2.44. The highest BCUT2D eigenvalue weighted by Gasteiger charge is 2.41. The number of carbonyl (C=O) groups is 2. The first-order valence-corrected chi connectivity index (χ1v) is 9.40. The van der Waals surface area contributed by atoms with E-state index >= 15 is 0 Å². The summed E-state index contributed by atoms with van der Waals surface area (Å²) >= 11 is 2.93. The third-order valence-electron chi connectivity index (χ3n) is 3.97. The van der Waals surface area contributed by atoms with E-state index in [-0.39, 0.29) is 18.4 Å². The Morgan fingerprint density at radius 3 is 2.10 bits per heavy atom. The van der Waals surface area contributed by atoms with Crippen LogP contribution < -0.4 is 0 Å². The number of carbonyl (C=O) groups excluding carboxylic acids is 2. The molecule has 3 aliphatic heterocycles. The van der Waals surface area contributed by atoms with Gasteiger partial charge >= 0.3 is 0 Å². The summed E-state index contributed by atoms with van der Waals surface area (Å²) in [6, 6.07) is 0. The fourth-order valence-corrected chi connectivity index (χ4v) is 5.28. The molecular formula is C14H20N2O3S2. The van der Waals surface area contributed by atoms with Crippen LogP contribution in [0.2, 0.25) is 0 Å². The van der Waals surface area contributed by atoms with E-state index in [9.17, 15) is 14.7 Å². The number of imide groups is 1. The van der Waals surface area contributed by atoms with Gasteiger partial charge in [-0.05, 0) is 25.9 Å². The van der Waals surface area contributed by atoms with E-state index in [1.54, 1.807) is 0 Å². The van der Waals surface area contributed by atoms with Gasteiger partial charge in [-0.1, -0.05) is 6.42 Å². The highest BCUT2D eigenvalue weighted by Crippen LogP contribution is 2.40. The number of rotatable bonds is 4. The van der Waals surface area contributed by atoms with Crippen LogP contribution in [0.25, 0.3) is 0 Å². The van der Waals surface area contributed by atoms with Gasteiger partial charge in [0.1, 0.15) is 0 Å². The fourth-order valence-electron chi connectivity index (χ4n) is 2.95. The van der Waals surface area contributed by atoms with E-state index in [1.165, 1.54) is 34.8 Å². The number of β-amino-alcohol motifs (C(OH)–C–C–N with tert-alkyl or cyclic N) is 1. The largest absolute Gasteiger partial charge is 0.390 e. The maximum Gasteiger partial charge on any atom is 0.268 e. The average Bonchev–Trinajstić information content (AvgIpc) is 2.74. The van der Waals surface area contributed by atoms with E-state index < -0.39 is 6.10 Å². The second-order valence-corrected chi connectivity index (χ2v) is 7.80. The molecule has 1 saturated heterocycles.